The minimum absolute atomic E-state index is 0.412. The predicted octanol–water partition coefficient (Wildman–Crippen LogP) is 3.13. The van der Waals surface area contributed by atoms with Gasteiger partial charge in [0.2, 0.25) is 0 Å². The minimum atomic E-state index is 0.412. The summed E-state index contributed by atoms with van der Waals surface area (Å²) in [6.45, 7) is 18.4. The van der Waals surface area contributed by atoms with Crippen LogP contribution in [0.5, 0.6) is 0 Å². The van der Waals surface area contributed by atoms with E-state index >= 15 is 0 Å². The van der Waals surface area contributed by atoms with Crippen LogP contribution in [-0.4, -0.2) is 37.1 Å². The van der Waals surface area contributed by atoms with Gasteiger partial charge in [-0.1, -0.05) is 27.7 Å². The second-order valence-electron chi connectivity index (χ2n) is 5.50. The van der Waals surface area contributed by atoms with Gasteiger partial charge >= 0.3 is 0 Å². The maximum Gasteiger partial charge on any atom is 0.00500 e. The van der Waals surface area contributed by atoms with Crippen LogP contribution in [0.2, 0.25) is 0 Å². The van der Waals surface area contributed by atoms with E-state index < -0.39 is 0 Å². The van der Waals surface area contributed by atoms with Crippen LogP contribution in [-0.2, 0) is 0 Å². The first kappa shape index (κ1) is 15.9. The van der Waals surface area contributed by atoms with Crippen molar-refractivity contribution in [1.82, 2.24) is 10.2 Å². The molecule has 0 aromatic heterocycles. The Balaban J connectivity index is 4.21. The molecule has 0 aliphatic rings. The monoisotopic (exact) mass is 228 g/mol. The van der Waals surface area contributed by atoms with Crippen LogP contribution in [0.3, 0.4) is 0 Å². The molecular weight excluding hydrogens is 196 g/mol. The van der Waals surface area contributed by atoms with Crippen LogP contribution in [0.1, 0.15) is 54.4 Å². The summed E-state index contributed by atoms with van der Waals surface area (Å²) in [5.41, 5.74) is 0.412. The lowest BCUT2D eigenvalue weighted by Crippen LogP contribution is -2.44. The molecule has 2 heteroatoms. The molecule has 0 saturated carbocycles. The van der Waals surface area contributed by atoms with Crippen LogP contribution >= 0.6 is 0 Å². The average Bonchev–Trinajstić information content (AvgIpc) is 2.26. The van der Waals surface area contributed by atoms with Crippen molar-refractivity contribution in [3.8, 4) is 0 Å². The van der Waals surface area contributed by atoms with E-state index in [9.17, 15) is 0 Å². The summed E-state index contributed by atoms with van der Waals surface area (Å²) in [4.78, 5) is 2.57. The van der Waals surface area contributed by atoms with E-state index in [0.717, 1.165) is 19.6 Å². The Bertz CT molecular complexity index is 168. The molecule has 0 aromatic carbocycles. The maximum absolute atomic E-state index is 3.57. The van der Waals surface area contributed by atoms with Crippen LogP contribution in [0.25, 0.3) is 0 Å². The van der Waals surface area contributed by atoms with Gasteiger partial charge in [0.25, 0.3) is 0 Å². The Hall–Kier alpha value is -0.0800. The van der Waals surface area contributed by atoms with Crippen molar-refractivity contribution >= 4 is 0 Å². The van der Waals surface area contributed by atoms with Crippen molar-refractivity contribution in [2.45, 2.75) is 60.4 Å². The summed E-state index contributed by atoms with van der Waals surface area (Å²) in [7, 11) is 0. The van der Waals surface area contributed by atoms with E-state index in [2.05, 4.69) is 51.8 Å². The fourth-order valence-corrected chi connectivity index (χ4v) is 2.01. The van der Waals surface area contributed by atoms with Gasteiger partial charge < -0.3 is 10.2 Å². The lowest BCUT2D eigenvalue weighted by atomic mass is 9.86. The molecule has 1 N–H and O–H groups in total. The summed E-state index contributed by atoms with van der Waals surface area (Å²) in [5.74, 6) is 0. The van der Waals surface area contributed by atoms with E-state index in [0.29, 0.717) is 11.5 Å². The maximum atomic E-state index is 3.57. The third-order valence-corrected chi connectivity index (χ3v) is 3.55. The highest BCUT2D eigenvalue weighted by molar-refractivity contribution is 4.80. The van der Waals surface area contributed by atoms with Gasteiger partial charge in [-0.15, -0.1) is 0 Å². The summed E-state index contributed by atoms with van der Waals surface area (Å²) in [5, 5.41) is 3.57. The normalized spacial score (nSPS) is 15.8. The summed E-state index contributed by atoms with van der Waals surface area (Å²) < 4.78 is 0. The molecule has 0 saturated heterocycles. The van der Waals surface area contributed by atoms with E-state index in [1.54, 1.807) is 0 Å². The molecule has 2 nitrogen and oxygen atoms in total. The first-order valence-electron chi connectivity index (χ1n) is 6.93. The van der Waals surface area contributed by atoms with E-state index in [1.807, 2.05) is 0 Å². The second-order valence-corrected chi connectivity index (χ2v) is 5.50. The fraction of sp³-hybridized carbons (Fsp3) is 1.00. The average molecular weight is 228 g/mol. The number of nitrogens with zero attached hydrogens (tertiary/aromatic N) is 1. The van der Waals surface area contributed by atoms with Crippen LogP contribution < -0.4 is 5.32 Å². The molecule has 0 rings (SSSR count). The quantitative estimate of drug-likeness (QED) is 0.610. The van der Waals surface area contributed by atoms with Crippen LogP contribution in [0.15, 0.2) is 0 Å². The van der Waals surface area contributed by atoms with Gasteiger partial charge in [-0.3, -0.25) is 0 Å². The Morgan fingerprint density at radius 3 is 2.19 bits per heavy atom. The SMILES string of the molecule is CCCNCC(C)(CC)CN(CC)C(C)C. The standard InChI is InChI=1S/C14H32N2/c1-7-10-15-11-14(6,8-2)12-16(9-3)13(4)5/h13,15H,7-12H2,1-6H3. The number of rotatable bonds is 9. The Kier molecular flexibility index (Phi) is 8.04. The van der Waals surface area contributed by atoms with Crippen molar-refractivity contribution in [3.05, 3.63) is 0 Å². The predicted molar refractivity (Wildman–Crippen MR) is 73.9 cm³/mol. The summed E-state index contributed by atoms with van der Waals surface area (Å²) in [6.07, 6.45) is 2.47. The first-order valence-corrected chi connectivity index (χ1v) is 6.93. The first-order chi connectivity index (χ1) is 7.49. The lowest BCUT2D eigenvalue weighted by Gasteiger charge is -2.36. The molecule has 1 unspecified atom stereocenters. The zero-order valence-corrected chi connectivity index (χ0v) is 12.3. The van der Waals surface area contributed by atoms with Gasteiger partial charge in [-0.05, 0) is 45.2 Å². The molecule has 0 heterocycles. The van der Waals surface area contributed by atoms with Gasteiger partial charge in [-0.25, -0.2) is 0 Å². The van der Waals surface area contributed by atoms with Gasteiger partial charge in [0.1, 0.15) is 0 Å². The van der Waals surface area contributed by atoms with Crippen molar-refractivity contribution in [2.24, 2.45) is 5.41 Å². The Morgan fingerprint density at radius 1 is 1.19 bits per heavy atom. The summed E-state index contributed by atoms with van der Waals surface area (Å²) in [6, 6.07) is 0.655. The highest BCUT2D eigenvalue weighted by Crippen LogP contribution is 2.22. The zero-order chi connectivity index (χ0) is 12.6. The molecule has 0 bridgehead atoms. The van der Waals surface area contributed by atoms with E-state index in [-0.39, 0.29) is 0 Å². The molecule has 0 aliphatic carbocycles. The largest absolute Gasteiger partial charge is 0.316 e. The highest BCUT2D eigenvalue weighted by atomic mass is 15.1. The number of hydrogen-bond donors (Lipinski definition) is 1. The fourth-order valence-electron chi connectivity index (χ4n) is 2.01. The number of hydrogen-bond acceptors (Lipinski definition) is 2. The van der Waals surface area contributed by atoms with Crippen molar-refractivity contribution in [1.29, 1.82) is 0 Å². The molecule has 0 aliphatic heterocycles. The van der Waals surface area contributed by atoms with E-state index in [4.69, 9.17) is 0 Å². The van der Waals surface area contributed by atoms with E-state index in [1.165, 1.54) is 19.4 Å². The topological polar surface area (TPSA) is 15.3 Å². The summed E-state index contributed by atoms with van der Waals surface area (Å²) >= 11 is 0. The van der Waals surface area contributed by atoms with Gasteiger partial charge in [0, 0.05) is 19.1 Å². The smallest absolute Gasteiger partial charge is 0.00500 e. The van der Waals surface area contributed by atoms with Gasteiger partial charge in [-0.2, -0.15) is 0 Å². The molecule has 0 aromatic rings. The molecule has 0 radical (unpaired) electrons. The molecule has 16 heavy (non-hydrogen) atoms. The second kappa shape index (κ2) is 8.08. The molecular formula is C14H32N2. The Morgan fingerprint density at radius 2 is 1.81 bits per heavy atom. The van der Waals surface area contributed by atoms with Crippen LogP contribution in [0.4, 0.5) is 0 Å². The Labute approximate surface area is 103 Å². The van der Waals surface area contributed by atoms with Gasteiger partial charge in [0.05, 0.1) is 0 Å². The van der Waals surface area contributed by atoms with Crippen molar-refractivity contribution in [3.63, 3.8) is 0 Å². The van der Waals surface area contributed by atoms with Gasteiger partial charge in [0.15, 0.2) is 0 Å². The lowest BCUT2D eigenvalue weighted by molar-refractivity contribution is 0.133. The third kappa shape index (κ3) is 5.86. The van der Waals surface area contributed by atoms with Crippen molar-refractivity contribution < 1.29 is 0 Å². The molecule has 1 atom stereocenters. The van der Waals surface area contributed by atoms with Crippen molar-refractivity contribution in [2.75, 3.05) is 26.2 Å². The number of nitrogens with one attached hydrogen (secondary N) is 1. The molecule has 0 amide bonds. The molecule has 0 spiro atoms. The third-order valence-electron chi connectivity index (χ3n) is 3.55. The van der Waals surface area contributed by atoms with Crippen LogP contribution in [0, 0.1) is 5.41 Å². The highest BCUT2D eigenvalue weighted by Gasteiger charge is 2.25. The molecule has 98 valence electrons. The minimum Gasteiger partial charge on any atom is -0.316 e. The zero-order valence-electron chi connectivity index (χ0n) is 12.3. The molecule has 0 fully saturated rings.